The average Bonchev–Trinajstić information content (AvgIpc) is 2.87. The average molecular weight is 296 g/mol. The molecule has 1 aromatic carbocycles. The van der Waals surface area contributed by atoms with E-state index in [0.29, 0.717) is 12.1 Å². The van der Waals surface area contributed by atoms with Crippen LogP contribution in [0.15, 0.2) is 24.4 Å². The number of benzene rings is 1. The summed E-state index contributed by atoms with van der Waals surface area (Å²) in [6, 6.07) is 2.08. The molecule has 2 rings (SSSR count). The fourth-order valence-electron chi connectivity index (χ4n) is 1.60. The zero-order chi connectivity index (χ0) is 15.7. The van der Waals surface area contributed by atoms with Crippen LogP contribution in [0.1, 0.15) is 10.4 Å². The molecule has 0 saturated carbocycles. The van der Waals surface area contributed by atoms with Crippen molar-refractivity contribution in [3.63, 3.8) is 0 Å². The topological polar surface area (TPSA) is 141 Å². The van der Waals surface area contributed by atoms with E-state index < -0.39 is 44.4 Å². The Kier molecular flexibility index (Phi) is 3.32. The van der Waals surface area contributed by atoms with Crippen LogP contribution in [0.5, 0.6) is 0 Å². The monoisotopic (exact) mass is 296 g/mol. The first kappa shape index (κ1) is 14.0. The Labute approximate surface area is 114 Å². The second-order valence-electron chi connectivity index (χ2n) is 3.76. The summed E-state index contributed by atoms with van der Waals surface area (Å²) in [5.41, 5.74) is -2.13. The number of carboxylic acid groups (broad SMARTS) is 1. The molecule has 0 saturated heterocycles. The lowest BCUT2D eigenvalue weighted by atomic mass is 10.1. The maximum Gasteiger partial charge on any atom is 0.390 e. The van der Waals surface area contributed by atoms with Gasteiger partial charge in [0.15, 0.2) is 5.82 Å². The zero-order valence-electron chi connectivity index (χ0n) is 9.96. The van der Waals surface area contributed by atoms with Crippen molar-refractivity contribution < 1.29 is 24.1 Å². The lowest BCUT2D eigenvalue weighted by molar-refractivity contribution is -0.389. The summed E-state index contributed by atoms with van der Waals surface area (Å²) in [5.74, 6) is -3.35. The Morgan fingerprint density at radius 3 is 2.43 bits per heavy atom. The van der Waals surface area contributed by atoms with E-state index in [1.807, 2.05) is 0 Å². The van der Waals surface area contributed by atoms with Crippen LogP contribution in [0.25, 0.3) is 5.69 Å². The molecule has 21 heavy (non-hydrogen) atoms. The molecule has 0 bridgehead atoms. The highest BCUT2D eigenvalue weighted by Gasteiger charge is 2.25. The van der Waals surface area contributed by atoms with Crippen LogP contribution in [0.3, 0.4) is 0 Å². The van der Waals surface area contributed by atoms with Crippen LogP contribution in [-0.2, 0) is 0 Å². The van der Waals surface area contributed by atoms with Crippen molar-refractivity contribution in [2.45, 2.75) is 0 Å². The van der Waals surface area contributed by atoms with Crippen molar-refractivity contribution in [3.8, 4) is 5.69 Å². The fourth-order valence-corrected chi connectivity index (χ4v) is 1.60. The third-order valence-corrected chi connectivity index (χ3v) is 2.50. The molecule has 1 heterocycles. The first-order valence-corrected chi connectivity index (χ1v) is 5.23. The molecule has 10 nitrogen and oxygen atoms in total. The summed E-state index contributed by atoms with van der Waals surface area (Å²) in [6.45, 7) is 0. The van der Waals surface area contributed by atoms with E-state index in [4.69, 9.17) is 5.11 Å². The number of carbonyl (C=O) groups is 1. The third-order valence-electron chi connectivity index (χ3n) is 2.50. The predicted molar refractivity (Wildman–Crippen MR) is 63.8 cm³/mol. The number of nitro groups is 2. The molecule has 0 spiro atoms. The van der Waals surface area contributed by atoms with Crippen LogP contribution in [-0.4, -0.2) is 30.7 Å². The highest BCUT2D eigenvalue weighted by Crippen LogP contribution is 2.25. The van der Waals surface area contributed by atoms with Crippen molar-refractivity contribution >= 4 is 17.5 Å². The highest BCUT2D eigenvalue weighted by atomic mass is 19.1. The number of aromatic nitrogens is 2. The molecule has 11 heteroatoms. The molecule has 0 aliphatic heterocycles. The van der Waals surface area contributed by atoms with Crippen molar-refractivity contribution in [1.82, 2.24) is 9.78 Å². The maximum absolute atomic E-state index is 13.8. The second kappa shape index (κ2) is 4.96. The van der Waals surface area contributed by atoms with Gasteiger partial charge in [-0.05, 0) is 11.0 Å². The Balaban J connectivity index is 2.63. The molecule has 0 atom stereocenters. The van der Waals surface area contributed by atoms with Crippen LogP contribution >= 0.6 is 0 Å². The lowest BCUT2D eigenvalue weighted by Gasteiger charge is -2.03. The lowest BCUT2D eigenvalue weighted by Crippen LogP contribution is -2.07. The summed E-state index contributed by atoms with van der Waals surface area (Å²) in [5, 5.41) is 33.5. The van der Waals surface area contributed by atoms with Gasteiger partial charge in [-0.1, -0.05) is 0 Å². The van der Waals surface area contributed by atoms with E-state index in [1.54, 1.807) is 0 Å². The molecule has 108 valence electrons. The number of hydrogen-bond acceptors (Lipinski definition) is 6. The van der Waals surface area contributed by atoms with Gasteiger partial charge in [0.2, 0.25) is 0 Å². The molecule has 0 aliphatic rings. The molecule has 2 aromatic rings. The standard InChI is InChI=1S/C10H5FN4O6/c11-6-4-7(14(18)19)5(10(16)17)3-8(6)13-2-1-9(12-13)15(20)21/h1-4H,(H,16,17). The van der Waals surface area contributed by atoms with E-state index >= 15 is 0 Å². The largest absolute Gasteiger partial charge is 0.477 e. The molecule has 0 aliphatic carbocycles. The van der Waals surface area contributed by atoms with Crippen LogP contribution in [0.4, 0.5) is 15.9 Å². The number of aromatic carboxylic acids is 1. The maximum atomic E-state index is 13.8. The second-order valence-corrected chi connectivity index (χ2v) is 3.76. The number of carboxylic acids is 1. The number of nitro benzene ring substituents is 1. The molecule has 1 aromatic heterocycles. The Morgan fingerprint density at radius 1 is 1.29 bits per heavy atom. The normalized spacial score (nSPS) is 10.3. The molecular formula is C10H5FN4O6. The molecule has 0 fully saturated rings. The quantitative estimate of drug-likeness (QED) is 0.665. The minimum Gasteiger partial charge on any atom is -0.477 e. The van der Waals surface area contributed by atoms with Crippen molar-refractivity contribution in [1.29, 1.82) is 0 Å². The van der Waals surface area contributed by atoms with E-state index in [2.05, 4.69) is 5.10 Å². The SMILES string of the molecule is O=C(O)c1cc(-n2ccc([N+](=O)[O-])n2)c(F)cc1[N+](=O)[O-]. The smallest absolute Gasteiger partial charge is 0.390 e. The van der Waals surface area contributed by atoms with Gasteiger partial charge in [-0.15, -0.1) is 4.68 Å². The van der Waals surface area contributed by atoms with Gasteiger partial charge in [0.25, 0.3) is 5.69 Å². The summed E-state index contributed by atoms with van der Waals surface area (Å²) >= 11 is 0. The van der Waals surface area contributed by atoms with E-state index in [0.717, 1.165) is 16.9 Å². The summed E-state index contributed by atoms with van der Waals surface area (Å²) in [6.07, 6.45) is 1.04. The van der Waals surface area contributed by atoms with Crippen molar-refractivity contribution in [2.75, 3.05) is 0 Å². The Hall–Kier alpha value is -3.37. The fraction of sp³-hybridized carbons (Fsp3) is 0. The molecule has 0 unspecified atom stereocenters. The Bertz CT molecular complexity index is 771. The number of nitrogens with zero attached hydrogens (tertiary/aromatic N) is 4. The van der Waals surface area contributed by atoms with Crippen molar-refractivity contribution in [2.24, 2.45) is 0 Å². The summed E-state index contributed by atoms with van der Waals surface area (Å²) in [4.78, 5) is 30.3. The molecule has 0 amide bonds. The number of rotatable bonds is 4. The summed E-state index contributed by atoms with van der Waals surface area (Å²) in [7, 11) is 0. The molecule has 1 N–H and O–H groups in total. The summed E-state index contributed by atoms with van der Waals surface area (Å²) < 4.78 is 14.5. The van der Waals surface area contributed by atoms with Gasteiger partial charge in [0.1, 0.15) is 11.3 Å². The first-order valence-electron chi connectivity index (χ1n) is 5.23. The zero-order valence-corrected chi connectivity index (χ0v) is 9.96. The van der Waals surface area contributed by atoms with Gasteiger partial charge in [-0.2, -0.15) is 0 Å². The molecular weight excluding hydrogens is 291 g/mol. The van der Waals surface area contributed by atoms with Gasteiger partial charge < -0.3 is 15.2 Å². The number of hydrogen-bond donors (Lipinski definition) is 1. The Morgan fingerprint density at radius 2 is 1.95 bits per heavy atom. The van der Waals surface area contributed by atoms with Gasteiger partial charge >= 0.3 is 11.8 Å². The minimum atomic E-state index is -1.63. The van der Waals surface area contributed by atoms with Crippen LogP contribution in [0.2, 0.25) is 0 Å². The minimum absolute atomic E-state index is 0.423. The third kappa shape index (κ3) is 2.51. The van der Waals surface area contributed by atoms with E-state index in [-0.39, 0.29) is 0 Å². The first-order chi connectivity index (χ1) is 9.81. The van der Waals surface area contributed by atoms with E-state index in [1.165, 1.54) is 0 Å². The van der Waals surface area contributed by atoms with Crippen LogP contribution in [0, 0.1) is 26.0 Å². The van der Waals surface area contributed by atoms with Gasteiger partial charge in [0, 0.05) is 0 Å². The highest BCUT2D eigenvalue weighted by molar-refractivity contribution is 5.93. The number of halogens is 1. The van der Waals surface area contributed by atoms with Gasteiger partial charge in [-0.3, -0.25) is 10.1 Å². The predicted octanol–water partition coefficient (Wildman–Crippen LogP) is 1.53. The van der Waals surface area contributed by atoms with Crippen LogP contribution < -0.4 is 0 Å². The van der Waals surface area contributed by atoms with Gasteiger partial charge in [-0.25, -0.2) is 9.18 Å². The van der Waals surface area contributed by atoms with E-state index in [9.17, 15) is 29.4 Å². The molecule has 0 radical (unpaired) electrons. The van der Waals surface area contributed by atoms with Gasteiger partial charge in [0.05, 0.1) is 28.4 Å². The van der Waals surface area contributed by atoms with Crippen molar-refractivity contribution in [3.05, 3.63) is 56.0 Å².